The normalized spacial score (nSPS) is 17.3. The average molecular weight is 373 g/mol. The molecule has 0 heterocycles. The first-order valence-electron chi connectivity index (χ1n) is 6.76. The van der Waals surface area contributed by atoms with Crippen LogP contribution in [0.2, 0.25) is 0 Å². The lowest BCUT2D eigenvalue weighted by Gasteiger charge is -2.37. The van der Waals surface area contributed by atoms with Crippen LogP contribution in [0, 0.1) is 6.92 Å². The topological polar surface area (TPSA) is 64.4 Å². The van der Waals surface area contributed by atoms with Crippen LogP contribution in [0.5, 0.6) is 0 Å². The fraction of sp³-hybridized carbons (Fsp3) is 0.533. The summed E-state index contributed by atoms with van der Waals surface area (Å²) in [5, 5.41) is 0. The quantitative estimate of drug-likeness (QED) is 0.486. The third-order valence-corrected chi connectivity index (χ3v) is 4.09. The minimum absolute atomic E-state index is 0. The Labute approximate surface area is 132 Å². The Kier molecular flexibility index (Phi) is 6.10. The molecule has 1 saturated carbocycles. The molecule has 0 amide bonds. The zero-order valence-corrected chi connectivity index (χ0v) is 13.9. The van der Waals surface area contributed by atoms with E-state index in [1.807, 2.05) is 0 Å². The van der Waals surface area contributed by atoms with Gasteiger partial charge in [-0.15, -0.1) is 24.0 Å². The largest absolute Gasteiger partial charge is 0.370 e. The first kappa shape index (κ1) is 16.3. The van der Waals surface area contributed by atoms with Crippen molar-refractivity contribution in [1.29, 1.82) is 0 Å². The first-order valence-corrected chi connectivity index (χ1v) is 6.76. The number of guanidine groups is 1. The molecular formula is C15H24IN3. The van der Waals surface area contributed by atoms with Crippen molar-refractivity contribution in [2.24, 2.45) is 16.5 Å². The fourth-order valence-corrected chi connectivity index (χ4v) is 3.15. The summed E-state index contributed by atoms with van der Waals surface area (Å²) in [6.45, 7) is 2.90. The maximum atomic E-state index is 5.51. The Hall–Kier alpha value is -0.780. The van der Waals surface area contributed by atoms with Gasteiger partial charge >= 0.3 is 0 Å². The van der Waals surface area contributed by atoms with Crippen LogP contribution in [0.1, 0.15) is 43.2 Å². The standard InChI is InChI=1S/C15H23N3.HI/c1-12-7-3-4-8-13(12)15(11-18-14(16)17)9-5-2-6-10-15;/h3-4,7-8H,2,5-6,9-11H2,1H3,(H4,16,17,18);1H. The van der Waals surface area contributed by atoms with E-state index in [2.05, 4.69) is 36.2 Å². The second-order valence-corrected chi connectivity index (χ2v) is 5.40. The van der Waals surface area contributed by atoms with E-state index in [0.717, 1.165) is 6.54 Å². The highest BCUT2D eigenvalue weighted by Gasteiger charge is 2.34. The van der Waals surface area contributed by atoms with E-state index in [-0.39, 0.29) is 35.4 Å². The van der Waals surface area contributed by atoms with Crippen molar-refractivity contribution in [3.8, 4) is 0 Å². The first-order chi connectivity index (χ1) is 8.64. The van der Waals surface area contributed by atoms with Gasteiger partial charge in [-0.05, 0) is 30.9 Å². The molecule has 19 heavy (non-hydrogen) atoms. The van der Waals surface area contributed by atoms with E-state index in [1.165, 1.54) is 43.2 Å². The molecule has 3 nitrogen and oxygen atoms in total. The van der Waals surface area contributed by atoms with Crippen molar-refractivity contribution < 1.29 is 0 Å². The number of hydrogen-bond donors (Lipinski definition) is 2. The molecule has 4 N–H and O–H groups in total. The van der Waals surface area contributed by atoms with Crippen molar-refractivity contribution >= 4 is 29.9 Å². The van der Waals surface area contributed by atoms with Crippen LogP contribution in [0.15, 0.2) is 29.3 Å². The molecule has 0 spiro atoms. The number of halogens is 1. The maximum Gasteiger partial charge on any atom is 0.185 e. The van der Waals surface area contributed by atoms with Crippen LogP contribution in [0.3, 0.4) is 0 Å². The van der Waals surface area contributed by atoms with Crippen LogP contribution < -0.4 is 11.5 Å². The van der Waals surface area contributed by atoms with Crippen molar-refractivity contribution in [3.05, 3.63) is 35.4 Å². The summed E-state index contributed by atoms with van der Waals surface area (Å²) in [5.41, 5.74) is 13.9. The smallest absolute Gasteiger partial charge is 0.185 e. The van der Waals surface area contributed by atoms with Crippen LogP contribution in [-0.2, 0) is 5.41 Å². The van der Waals surface area contributed by atoms with E-state index < -0.39 is 0 Å². The van der Waals surface area contributed by atoms with Crippen molar-refractivity contribution in [1.82, 2.24) is 0 Å². The van der Waals surface area contributed by atoms with E-state index in [9.17, 15) is 0 Å². The highest BCUT2D eigenvalue weighted by atomic mass is 127. The third kappa shape index (κ3) is 3.84. The molecular weight excluding hydrogens is 349 g/mol. The summed E-state index contributed by atoms with van der Waals surface area (Å²) in [7, 11) is 0. The molecule has 1 aliphatic carbocycles. The van der Waals surface area contributed by atoms with Crippen molar-refractivity contribution in [2.75, 3.05) is 6.54 Å². The molecule has 1 fully saturated rings. The Morgan fingerprint density at radius 3 is 2.37 bits per heavy atom. The summed E-state index contributed by atoms with van der Waals surface area (Å²) >= 11 is 0. The molecule has 0 aliphatic heterocycles. The molecule has 0 unspecified atom stereocenters. The summed E-state index contributed by atoms with van der Waals surface area (Å²) in [4.78, 5) is 4.31. The maximum absolute atomic E-state index is 5.51. The number of aliphatic imine (C=N–C) groups is 1. The Balaban J connectivity index is 0.00000180. The predicted octanol–water partition coefficient (Wildman–Crippen LogP) is 3.09. The van der Waals surface area contributed by atoms with Crippen LogP contribution in [0.4, 0.5) is 0 Å². The Bertz CT molecular complexity index is 433. The van der Waals surface area contributed by atoms with E-state index in [4.69, 9.17) is 11.5 Å². The molecule has 2 rings (SSSR count). The molecule has 106 valence electrons. The Morgan fingerprint density at radius 2 is 1.79 bits per heavy atom. The highest BCUT2D eigenvalue weighted by Crippen LogP contribution is 2.41. The second-order valence-electron chi connectivity index (χ2n) is 5.40. The van der Waals surface area contributed by atoms with Gasteiger partial charge in [-0.3, -0.25) is 4.99 Å². The summed E-state index contributed by atoms with van der Waals surface area (Å²) < 4.78 is 0. The van der Waals surface area contributed by atoms with Gasteiger partial charge in [-0.2, -0.15) is 0 Å². The van der Waals surface area contributed by atoms with Gasteiger partial charge in [0.2, 0.25) is 0 Å². The minimum atomic E-state index is 0. The predicted molar refractivity (Wildman–Crippen MR) is 92.0 cm³/mol. The van der Waals surface area contributed by atoms with Gasteiger partial charge in [0.1, 0.15) is 0 Å². The number of hydrogen-bond acceptors (Lipinski definition) is 1. The lowest BCUT2D eigenvalue weighted by atomic mass is 9.68. The molecule has 1 aliphatic rings. The molecule has 0 radical (unpaired) electrons. The van der Waals surface area contributed by atoms with Gasteiger partial charge in [-0.1, -0.05) is 43.5 Å². The van der Waals surface area contributed by atoms with Crippen LogP contribution in [0.25, 0.3) is 0 Å². The van der Waals surface area contributed by atoms with E-state index in [1.54, 1.807) is 0 Å². The molecule has 0 aromatic heterocycles. The van der Waals surface area contributed by atoms with Gasteiger partial charge in [-0.25, -0.2) is 0 Å². The SMILES string of the molecule is Cc1ccccc1C1(CN=C(N)N)CCCCC1.I. The number of nitrogens with zero attached hydrogens (tertiary/aromatic N) is 1. The van der Waals surface area contributed by atoms with Crippen molar-refractivity contribution in [3.63, 3.8) is 0 Å². The van der Waals surface area contributed by atoms with Gasteiger partial charge in [0.15, 0.2) is 5.96 Å². The fourth-order valence-electron chi connectivity index (χ4n) is 3.15. The van der Waals surface area contributed by atoms with Gasteiger partial charge < -0.3 is 11.5 Å². The summed E-state index contributed by atoms with van der Waals surface area (Å²) in [6, 6.07) is 8.63. The van der Waals surface area contributed by atoms with Gasteiger partial charge in [0, 0.05) is 5.41 Å². The van der Waals surface area contributed by atoms with Crippen LogP contribution >= 0.6 is 24.0 Å². The van der Waals surface area contributed by atoms with Crippen LogP contribution in [-0.4, -0.2) is 12.5 Å². The molecule has 0 saturated heterocycles. The Morgan fingerprint density at radius 1 is 1.16 bits per heavy atom. The lowest BCUT2D eigenvalue weighted by molar-refractivity contribution is 0.300. The number of rotatable bonds is 3. The molecule has 1 aromatic rings. The number of benzene rings is 1. The summed E-state index contributed by atoms with van der Waals surface area (Å²) in [6.07, 6.45) is 6.25. The third-order valence-electron chi connectivity index (χ3n) is 4.09. The van der Waals surface area contributed by atoms with Gasteiger partial charge in [0.25, 0.3) is 0 Å². The number of nitrogens with two attached hydrogens (primary N) is 2. The molecule has 0 bridgehead atoms. The van der Waals surface area contributed by atoms with Gasteiger partial charge in [0.05, 0.1) is 6.54 Å². The monoisotopic (exact) mass is 373 g/mol. The molecule has 1 aromatic carbocycles. The zero-order valence-electron chi connectivity index (χ0n) is 11.6. The number of aryl methyl sites for hydroxylation is 1. The average Bonchev–Trinajstić information content (AvgIpc) is 2.38. The zero-order chi connectivity index (χ0) is 13.0. The van der Waals surface area contributed by atoms with E-state index >= 15 is 0 Å². The summed E-state index contributed by atoms with van der Waals surface area (Å²) in [5.74, 6) is 0.202. The molecule has 4 heteroatoms. The molecule has 0 atom stereocenters. The van der Waals surface area contributed by atoms with E-state index in [0.29, 0.717) is 0 Å². The minimum Gasteiger partial charge on any atom is -0.370 e. The highest BCUT2D eigenvalue weighted by molar-refractivity contribution is 14.0. The lowest BCUT2D eigenvalue weighted by Crippen LogP contribution is -2.35. The second kappa shape index (κ2) is 7.12. The van der Waals surface area contributed by atoms with Crippen molar-refractivity contribution in [2.45, 2.75) is 44.4 Å².